The zero-order chi connectivity index (χ0) is 11.8. The van der Waals surface area contributed by atoms with Gasteiger partial charge in [-0.1, -0.05) is 23.7 Å². The highest BCUT2D eigenvalue weighted by molar-refractivity contribution is 6.30. The van der Waals surface area contributed by atoms with Gasteiger partial charge in [-0.25, -0.2) is 0 Å². The van der Waals surface area contributed by atoms with Gasteiger partial charge < -0.3 is 15.2 Å². The highest BCUT2D eigenvalue weighted by Crippen LogP contribution is 2.08. The summed E-state index contributed by atoms with van der Waals surface area (Å²) < 4.78 is 5.11. The number of benzene rings is 1. The molecule has 0 aliphatic rings. The molecule has 2 N–H and O–H groups in total. The number of nitrogens with one attached hydrogen (secondary N) is 1. The van der Waals surface area contributed by atoms with Crippen LogP contribution in [0.25, 0.3) is 0 Å². The lowest BCUT2D eigenvalue weighted by Crippen LogP contribution is -2.30. The average Bonchev–Trinajstić information content (AvgIpc) is 2.29. The molecule has 4 heteroatoms. The standard InChI is InChI=1S/C12H18ClNO2/c1-2-16-9-12(15)8-14-7-10-3-5-11(13)6-4-10/h3-6,12,14-15H,2,7-9H2,1H3. The lowest BCUT2D eigenvalue weighted by Gasteiger charge is -2.11. The quantitative estimate of drug-likeness (QED) is 0.768. The van der Waals surface area contributed by atoms with Crippen molar-refractivity contribution in [2.75, 3.05) is 19.8 Å². The van der Waals surface area contributed by atoms with E-state index < -0.39 is 6.10 Å². The van der Waals surface area contributed by atoms with Gasteiger partial charge in [0.25, 0.3) is 0 Å². The van der Waals surface area contributed by atoms with Gasteiger partial charge in [-0.15, -0.1) is 0 Å². The third-order valence-electron chi connectivity index (χ3n) is 2.14. The van der Waals surface area contributed by atoms with Crippen LogP contribution in [0.1, 0.15) is 12.5 Å². The second-order valence-corrected chi connectivity index (χ2v) is 4.01. The predicted molar refractivity (Wildman–Crippen MR) is 65.7 cm³/mol. The molecular formula is C12H18ClNO2. The third kappa shape index (κ3) is 5.47. The maximum atomic E-state index is 9.49. The maximum Gasteiger partial charge on any atom is 0.0897 e. The first kappa shape index (κ1) is 13.5. The molecule has 0 fully saturated rings. The fraction of sp³-hybridized carbons (Fsp3) is 0.500. The molecule has 0 aliphatic carbocycles. The van der Waals surface area contributed by atoms with Crippen molar-refractivity contribution in [3.63, 3.8) is 0 Å². The lowest BCUT2D eigenvalue weighted by molar-refractivity contribution is 0.0427. The molecule has 0 radical (unpaired) electrons. The van der Waals surface area contributed by atoms with E-state index in [1.54, 1.807) is 0 Å². The van der Waals surface area contributed by atoms with E-state index in [2.05, 4.69) is 5.32 Å². The van der Waals surface area contributed by atoms with Gasteiger partial charge in [0.15, 0.2) is 0 Å². The van der Waals surface area contributed by atoms with E-state index in [-0.39, 0.29) is 0 Å². The van der Waals surface area contributed by atoms with Crippen molar-refractivity contribution in [1.82, 2.24) is 5.32 Å². The minimum atomic E-state index is -0.452. The average molecular weight is 244 g/mol. The zero-order valence-electron chi connectivity index (χ0n) is 9.45. The molecule has 0 aromatic heterocycles. The Labute approximate surface area is 101 Å². The lowest BCUT2D eigenvalue weighted by atomic mass is 10.2. The van der Waals surface area contributed by atoms with Crippen LogP contribution in [0.3, 0.4) is 0 Å². The fourth-order valence-electron chi connectivity index (χ4n) is 1.30. The Morgan fingerprint density at radius 2 is 2.06 bits per heavy atom. The van der Waals surface area contributed by atoms with Gasteiger partial charge in [-0.3, -0.25) is 0 Å². The molecule has 1 aromatic rings. The van der Waals surface area contributed by atoms with Gasteiger partial charge >= 0.3 is 0 Å². The van der Waals surface area contributed by atoms with Crippen LogP contribution < -0.4 is 5.32 Å². The van der Waals surface area contributed by atoms with Gasteiger partial charge in [0.2, 0.25) is 0 Å². The Morgan fingerprint density at radius 3 is 2.69 bits per heavy atom. The number of rotatable bonds is 7. The van der Waals surface area contributed by atoms with Gasteiger partial charge in [0.1, 0.15) is 0 Å². The molecule has 0 saturated heterocycles. The molecule has 16 heavy (non-hydrogen) atoms. The summed E-state index contributed by atoms with van der Waals surface area (Å²) in [5, 5.41) is 13.4. The first-order valence-electron chi connectivity index (χ1n) is 5.43. The predicted octanol–water partition coefficient (Wildman–Crippen LogP) is 1.83. The van der Waals surface area contributed by atoms with Crippen molar-refractivity contribution < 1.29 is 9.84 Å². The van der Waals surface area contributed by atoms with Crippen LogP contribution >= 0.6 is 11.6 Å². The van der Waals surface area contributed by atoms with Crippen LogP contribution in [-0.2, 0) is 11.3 Å². The molecule has 90 valence electrons. The smallest absolute Gasteiger partial charge is 0.0897 e. The van der Waals surface area contributed by atoms with Crippen molar-refractivity contribution in [2.45, 2.75) is 19.6 Å². The number of aliphatic hydroxyl groups is 1. The van der Waals surface area contributed by atoms with Crippen LogP contribution in [0.5, 0.6) is 0 Å². The first-order valence-corrected chi connectivity index (χ1v) is 5.81. The molecule has 0 heterocycles. The molecule has 3 nitrogen and oxygen atoms in total. The minimum absolute atomic E-state index is 0.379. The summed E-state index contributed by atoms with van der Waals surface area (Å²) in [5.41, 5.74) is 1.15. The Kier molecular flexibility index (Phi) is 6.42. The topological polar surface area (TPSA) is 41.5 Å². The summed E-state index contributed by atoms with van der Waals surface area (Å²) >= 11 is 5.78. The monoisotopic (exact) mass is 243 g/mol. The largest absolute Gasteiger partial charge is 0.389 e. The number of ether oxygens (including phenoxy) is 1. The molecular weight excluding hydrogens is 226 g/mol. The minimum Gasteiger partial charge on any atom is -0.389 e. The summed E-state index contributed by atoms with van der Waals surface area (Å²) in [6.07, 6.45) is -0.452. The molecule has 1 rings (SSSR count). The Hall–Kier alpha value is -0.610. The van der Waals surface area contributed by atoms with Crippen molar-refractivity contribution in [2.24, 2.45) is 0 Å². The van der Waals surface area contributed by atoms with E-state index in [1.165, 1.54) is 0 Å². The number of halogens is 1. The van der Waals surface area contributed by atoms with Gasteiger partial charge in [0.05, 0.1) is 12.7 Å². The Bertz CT molecular complexity index is 290. The highest BCUT2D eigenvalue weighted by atomic mass is 35.5. The number of hydrogen-bond donors (Lipinski definition) is 2. The van der Waals surface area contributed by atoms with Crippen molar-refractivity contribution in [3.05, 3.63) is 34.9 Å². The van der Waals surface area contributed by atoms with Crippen molar-refractivity contribution in [1.29, 1.82) is 0 Å². The number of aliphatic hydroxyl groups excluding tert-OH is 1. The van der Waals surface area contributed by atoms with Crippen LogP contribution in [0.15, 0.2) is 24.3 Å². The first-order chi connectivity index (χ1) is 7.72. The molecule has 1 atom stereocenters. The van der Waals surface area contributed by atoms with E-state index in [9.17, 15) is 5.11 Å². The van der Waals surface area contributed by atoms with Crippen LogP contribution in [0, 0.1) is 0 Å². The molecule has 0 amide bonds. The summed E-state index contributed by atoms with van der Waals surface area (Å²) in [7, 11) is 0. The summed E-state index contributed by atoms with van der Waals surface area (Å²) in [6, 6.07) is 7.64. The SMILES string of the molecule is CCOCC(O)CNCc1ccc(Cl)cc1. The van der Waals surface area contributed by atoms with Crippen LogP contribution in [0.4, 0.5) is 0 Å². The van der Waals surface area contributed by atoms with E-state index in [1.807, 2.05) is 31.2 Å². The van der Waals surface area contributed by atoms with Crippen LogP contribution in [-0.4, -0.2) is 31.0 Å². The van der Waals surface area contributed by atoms with E-state index >= 15 is 0 Å². The van der Waals surface area contributed by atoms with Crippen LogP contribution in [0.2, 0.25) is 5.02 Å². The van der Waals surface area contributed by atoms with E-state index in [4.69, 9.17) is 16.3 Å². The summed E-state index contributed by atoms with van der Waals surface area (Å²) in [5.74, 6) is 0. The second kappa shape index (κ2) is 7.63. The normalized spacial score (nSPS) is 12.7. The van der Waals surface area contributed by atoms with E-state index in [0.29, 0.717) is 19.8 Å². The molecule has 1 unspecified atom stereocenters. The highest BCUT2D eigenvalue weighted by Gasteiger charge is 2.02. The van der Waals surface area contributed by atoms with Crippen molar-refractivity contribution in [3.8, 4) is 0 Å². The fourth-order valence-corrected chi connectivity index (χ4v) is 1.42. The Morgan fingerprint density at radius 1 is 1.38 bits per heavy atom. The van der Waals surface area contributed by atoms with Gasteiger partial charge in [0, 0.05) is 24.7 Å². The van der Waals surface area contributed by atoms with Gasteiger partial charge in [-0.2, -0.15) is 0 Å². The third-order valence-corrected chi connectivity index (χ3v) is 2.39. The molecule has 0 saturated carbocycles. The summed E-state index contributed by atoms with van der Waals surface area (Å²) in [4.78, 5) is 0. The maximum absolute atomic E-state index is 9.49. The van der Waals surface area contributed by atoms with Gasteiger partial charge in [-0.05, 0) is 24.6 Å². The van der Waals surface area contributed by atoms with E-state index in [0.717, 1.165) is 17.1 Å². The molecule has 1 aromatic carbocycles. The number of hydrogen-bond acceptors (Lipinski definition) is 3. The molecule has 0 aliphatic heterocycles. The summed E-state index contributed by atoms with van der Waals surface area (Å²) in [6.45, 7) is 4.18. The molecule has 0 bridgehead atoms. The Balaban J connectivity index is 2.17. The zero-order valence-corrected chi connectivity index (χ0v) is 10.2. The van der Waals surface area contributed by atoms with Crippen molar-refractivity contribution >= 4 is 11.6 Å². The molecule has 0 spiro atoms. The second-order valence-electron chi connectivity index (χ2n) is 3.57.